The van der Waals surface area contributed by atoms with Crippen molar-refractivity contribution in [2.75, 3.05) is 11.9 Å². The third-order valence-corrected chi connectivity index (χ3v) is 3.53. The minimum atomic E-state index is -0.282. The summed E-state index contributed by atoms with van der Waals surface area (Å²) in [6.45, 7) is 9.10. The van der Waals surface area contributed by atoms with E-state index in [9.17, 15) is 9.59 Å². The molecule has 1 aromatic carbocycles. The highest BCUT2D eigenvalue weighted by molar-refractivity contribution is 6.08. The molecule has 1 heterocycles. The number of rotatable bonds is 6. The predicted octanol–water partition coefficient (Wildman–Crippen LogP) is 2.85. The number of aryl methyl sites for hydroxylation is 2. The van der Waals surface area contributed by atoms with Crippen LogP contribution in [0.4, 0.5) is 5.69 Å². The molecular formula is C18H24N4O2. The Morgan fingerprint density at radius 2 is 1.83 bits per heavy atom. The summed E-state index contributed by atoms with van der Waals surface area (Å²) in [5.41, 5.74) is 2.28. The van der Waals surface area contributed by atoms with E-state index >= 15 is 0 Å². The number of aromatic nitrogens is 2. The Morgan fingerprint density at radius 1 is 1.17 bits per heavy atom. The van der Waals surface area contributed by atoms with Crippen molar-refractivity contribution in [1.82, 2.24) is 15.1 Å². The van der Waals surface area contributed by atoms with Gasteiger partial charge in [0.25, 0.3) is 11.8 Å². The SMILES string of the molecule is CCn1cc(NC(=O)c2ccc(C)cc2)c(C(=O)NCC(C)C)n1. The van der Waals surface area contributed by atoms with Crippen molar-refractivity contribution < 1.29 is 9.59 Å². The summed E-state index contributed by atoms with van der Waals surface area (Å²) < 4.78 is 1.63. The fourth-order valence-corrected chi connectivity index (χ4v) is 2.12. The predicted molar refractivity (Wildman–Crippen MR) is 94.2 cm³/mol. The second-order valence-electron chi connectivity index (χ2n) is 6.17. The summed E-state index contributed by atoms with van der Waals surface area (Å²) in [6.07, 6.45) is 1.68. The van der Waals surface area contributed by atoms with Gasteiger partial charge in [0.15, 0.2) is 5.69 Å². The Balaban J connectivity index is 2.19. The zero-order valence-electron chi connectivity index (χ0n) is 14.6. The second-order valence-corrected chi connectivity index (χ2v) is 6.17. The van der Waals surface area contributed by atoms with Crippen molar-refractivity contribution in [2.24, 2.45) is 5.92 Å². The first-order valence-electron chi connectivity index (χ1n) is 8.14. The number of nitrogens with zero attached hydrogens (tertiary/aromatic N) is 2. The van der Waals surface area contributed by atoms with Gasteiger partial charge in [0.1, 0.15) is 0 Å². The monoisotopic (exact) mass is 328 g/mol. The molecule has 24 heavy (non-hydrogen) atoms. The third kappa shape index (κ3) is 4.44. The Bertz CT molecular complexity index is 717. The van der Waals surface area contributed by atoms with Crippen LogP contribution in [0.3, 0.4) is 0 Å². The van der Waals surface area contributed by atoms with Crippen molar-refractivity contribution >= 4 is 17.5 Å². The van der Waals surface area contributed by atoms with E-state index in [0.29, 0.717) is 30.3 Å². The number of carbonyl (C=O) groups excluding carboxylic acids is 2. The highest BCUT2D eigenvalue weighted by Gasteiger charge is 2.19. The van der Waals surface area contributed by atoms with Crippen molar-refractivity contribution in [2.45, 2.75) is 34.2 Å². The van der Waals surface area contributed by atoms with Crippen LogP contribution in [-0.2, 0) is 6.54 Å². The summed E-state index contributed by atoms with van der Waals surface area (Å²) in [7, 11) is 0. The van der Waals surface area contributed by atoms with Crippen molar-refractivity contribution in [3.8, 4) is 0 Å². The zero-order chi connectivity index (χ0) is 17.7. The topological polar surface area (TPSA) is 76.0 Å². The Labute approximate surface area is 142 Å². The Morgan fingerprint density at radius 3 is 2.42 bits per heavy atom. The van der Waals surface area contributed by atoms with E-state index in [1.54, 1.807) is 23.0 Å². The molecule has 0 spiro atoms. The van der Waals surface area contributed by atoms with E-state index < -0.39 is 0 Å². The van der Waals surface area contributed by atoms with Gasteiger partial charge in [0.2, 0.25) is 0 Å². The van der Waals surface area contributed by atoms with Gasteiger partial charge >= 0.3 is 0 Å². The molecule has 2 N–H and O–H groups in total. The highest BCUT2D eigenvalue weighted by Crippen LogP contribution is 2.16. The van der Waals surface area contributed by atoms with Crippen LogP contribution in [0, 0.1) is 12.8 Å². The first kappa shape index (κ1) is 17.7. The van der Waals surface area contributed by atoms with Gasteiger partial charge in [-0.05, 0) is 31.9 Å². The number of benzene rings is 1. The molecule has 0 fully saturated rings. The fraction of sp³-hybridized carbons (Fsp3) is 0.389. The maximum Gasteiger partial charge on any atom is 0.273 e. The number of amides is 2. The standard InChI is InChI=1S/C18H24N4O2/c1-5-22-11-15(16(21-22)18(24)19-10-12(2)3)20-17(23)14-8-6-13(4)7-9-14/h6-9,11-12H,5,10H2,1-4H3,(H,19,24)(H,20,23). The molecule has 128 valence electrons. The van der Waals surface area contributed by atoms with E-state index in [2.05, 4.69) is 15.7 Å². The van der Waals surface area contributed by atoms with Crippen LogP contribution in [-0.4, -0.2) is 28.1 Å². The Kier molecular flexibility index (Phi) is 5.73. The minimum Gasteiger partial charge on any atom is -0.350 e. The van der Waals surface area contributed by atoms with Crippen LogP contribution < -0.4 is 10.6 Å². The molecule has 1 aromatic heterocycles. The molecule has 2 rings (SSSR count). The maximum absolute atomic E-state index is 12.4. The molecule has 0 saturated carbocycles. The normalized spacial score (nSPS) is 10.7. The summed E-state index contributed by atoms with van der Waals surface area (Å²) in [6, 6.07) is 7.27. The molecule has 0 saturated heterocycles. The molecule has 0 aliphatic rings. The molecule has 0 bridgehead atoms. The maximum atomic E-state index is 12.4. The van der Waals surface area contributed by atoms with Gasteiger partial charge in [0, 0.05) is 24.8 Å². The van der Waals surface area contributed by atoms with Gasteiger partial charge < -0.3 is 10.6 Å². The molecule has 2 aromatic rings. The number of hydrogen-bond acceptors (Lipinski definition) is 3. The van der Waals surface area contributed by atoms with Crippen molar-refractivity contribution in [3.05, 3.63) is 47.3 Å². The zero-order valence-corrected chi connectivity index (χ0v) is 14.6. The molecule has 2 amide bonds. The van der Waals surface area contributed by atoms with Gasteiger partial charge in [-0.15, -0.1) is 0 Å². The summed E-state index contributed by atoms with van der Waals surface area (Å²) in [4.78, 5) is 24.7. The van der Waals surface area contributed by atoms with Gasteiger partial charge in [-0.2, -0.15) is 5.10 Å². The molecule has 0 unspecified atom stereocenters. The van der Waals surface area contributed by atoms with Crippen molar-refractivity contribution in [1.29, 1.82) is 0 Å². The molecule has 0 aliphatic carbocycles. The van der Waals surface area contributed by atoms with E-state index in [-0.39, 0.29) is 17.5 Å². The lowest BCUT2D eigenvalue weighted by Crippen LogP contribution is -2.28. The van der Waals surface area contributed by atoms with Crippen LogP contribution in [0.15, 0.2) is 30.5 Å². The molecule has 0 aliphatic heterocycles. The first-order valence-corrected chi connectivity index (χ1v) is 8.14. The lowest BCUT2D eigenvalue weighted by Gasteiger charge is -2.08. The molecule has 6 nitrogen and oxygen atoms in total. The number of hydrogen-bond donors (Lipinski definition) is 2. The van der Waals surface area contributed by atoms with E-state index in [0.717, 1.165) is 5.56 Å². The average Bonchev–Trinajstić information content (AvgIpc) is 2.96. The Hall–Kier alpha value is -2.63. The van der Waals surface area contributed by atoms with Gasteiger partial charge in [-0.3, -0.25) is 14.3 Å². The van der Waals surface area contributed by atoms with Crippen LogP contribution in [0.25, 0.3) is 0 Å². The first-order chi connectivity index (χ1) is 11.4. The van der Waals surface area contributed by atoms with Crippen LogP contribution in [0.5, 0.6) is 0 Å². The third-order valence-electron chi connectivity index (χ3n) is 3.53. The van der Waals surface area contributed by atoms with E-state index in [1.165, 1.54) is 0 Å². The van der Waals surface area contributed by atoms with Crippen LogP contribution >= 0.6 is 0 Å². The largest absolute Gasteiger partial charge is 0.350 e. The molecule has 6 heteroatoms. The van der Waals surface area contributed by atoms with E-state index in [1.807, 2.05) is 39.8 Å². The van der Waals surface area contributed by atoms with Crippen LogP contribution in [0.1, 0.15) is 47.2 Å². The lowest BCUT2D eigenvalue weighted by atomic mass is 10.1. The van der Waals surface area contributed by atoms with Gasteiger partial charge in [0.05, 0.1) is 5.69 Å². The smallest absolute Gasteiger partial charge is 0.273 e. The molecule has 0 atom stereocenters. The second kappa shape index (κ2) is 7.77. The fourth-order valence-electron chi connectivity index (χ4n) is 2.12. The highest BCUT2D eigenvalue weighted by atomic mass is 16.2. The summed E-state index contributed by atoms with van der Waals surface area (Å²) >= 11 is 0. The van der Waals surface area contributed by atoms with Gasteiger partial charge in [-0.25, -0.2) is 0 Å². The quantitative estimate of drug-likeness (QED) is 0.856. The molecular weight excluding hydrogens is 304 g/mol. The van der Waals surface area contributed by atoms with Crippen molar-refractivity contribution in [3.63, 3.8) is 0 Å². The minimum absolute atomic E-state index is 0.234. The average molecular weight is 328 g/mol. The van der Waals surface area contributed by atoms with Crippen LogP contribution in [0.2, 0.25) is 0 Å². The number of nitrogens with one attached hydrogen (secondary N) is 2. The number of anilines is 1. The summed E-state index contributed by atoms with van der Waals surface area (Å²) in [5, 5.41) is 9.87. The lowest BCUT2D eigenvalue weighted by molar-refractivity contribution is 0.0944. The summed E-state index contributed by atoms with van der Waals surface area (Å²) in [5.74, 6) is -0.202. The van der Waals surface area contributed by atoms with E-state index in [4.69, 9.17) is 0 Å². The number of carbonyl (C=O) groups is 2. The molecule has 0 radical (unpaired) electrons. The van der Waals surface area contributed by atoms with Gasteiger partial charge in [-0.1, -0.05) is 31.5 Å².